The summed E-state index contributed by atoms with van der Waals surface area (Å²) in [6.45, 7) is 1.84. The molecule has 0 saturated carbocycles. The maximum absolute atomic E-state index is 11.8. The monoisotopic (exact) mass is 306 g/mol. The van der Waals surface area contributed by atoms with E-state index in [9.17, 15) is 8.42 Å². The van der Waals surface area contributed by atoms with Crippen molar-refractivity contribution in [3.8, 4) is 17.9 Å². The Morgan fingerprint density at radius 1 is 1.33 bits per heavy atom. The minimum atomic E-state index is -3.62. The highest BCUT2D eigenvalue weighted by Crippen LogP contribution is 2.07. The smallest absolute Gasteiger partial charge is 0.228 e. The Morgan fingerprint density at radius 3 is 2.52 bits per heavy atom. The number of nitrogens with zero attached hydrogens (tertiary/aromatic N) is 1. The van der Waals surface area contributed by atoms with Gasteiger partial charge in [-0.25, -0.2) is 13.1 Å². The van der Waals surface area contributed by atoms with Crippen molar-refractivity contribution in [2.75, 3.05) is 6.61 Å². The van der Waals surface area contributed by atoms with Gasteiger partial charge in [-0.2, -0.15) is 5.26 Å². The summed E-state index contributed by atoms with van der Waals surface area (Å²) in [7, 11) is -3.62. The zero-order valence-corrected chi connectivity index (χ0v) is 12.7. The number of aliphatic hydroxyl groups excluding tert-OH is 1. The molecule has 2 N–H and O–H groups in total. The molecule has 0 aromatic heterocycles. The van der Waals surface area contributed by atoms with E-state index in [2.05, 4.69) is 16.6 Å². The molecule has 0 bridgehead atoms. The fraction of sp³-hybridized carbons (Fsp3) is 0.400. The molecule has 1 rings (SSSR count). The maximum atomic E-state index is 11.8. The number of aliphatic hydroxyl groups is 1. The first-order valence-electron chi connectivity index (χ1n) is 6.60. The number of hydrogen-bond donors (Lipinski definition) is 2. The lowest BCUT2D eigenvalue weighted by molar-refractivity contribution is 0.305. The first-order chi connectivity index (χ1) is 10.0. The van der Waals surface area contributed by atoms with E-state index in [0.717, 1.165) is 11.1 Å². The highest BCUT2D eigenvalue weighted by atomic mass is 32.2. The van der Waals surface area contributed by atoms with Gasteiger partial charge in [0, 0.05) is 18.5 Å². The van der Waals surface area contributed by atoms with E-state index in [1.807, 2.05) is 0 Å². The number of hydrogen-bond acceptors (Lipinski definition) is 4. The van der Waals surface area contributed by atoms with Crippen molar-refractivity contribution >= 4 is 10.0 Å². The third kappa shape index (κ3) is 5.57. The van der Waals surface area contributed by atoms with Gasteiger partial charge >= 0.3 is 0 Å². The third-order valence-corrected chi connectivity index (χ3v) is 4.52. The molecular formula is C15H18N2O3S. The number of rotatable bonds is 6. The predicted octanol–water partition coefficient (Wildman–Crippen LogP) is 1.14. The Bertz CT molecular complexity index is 649. The average molecular weight is 306 g/mol. The fourth-order valence-corrected chi connectivity index (χ4v) is 2.74. The van der Waals surface area contributed by atoms with Crippen LogP contribution in [0.4, 0.5) is 0 Å². The van der Waals surface area contributed by atoms with E-state index in [1.54, 1.807) is 37.3 Å². The molecular weight excluding hydrogens is 288 g/mol. The first kappa shape index (κ1) is 17.2. The number of benzene rings is 1. The van der Waals surface area contributed by atoms with Gasteiger partial charge < -0.3 is 5.11 Å². The lowest BCUT2D eigenvalue weighted by Gasteiger charge is -2.10. The van der Waals surface area contributed by atoms with Crippen LogP contribution in [0.5, 0.6) is 0 Å². The molecule has 0 radical (unpaired) electrons. The molecule has 1 aromatic carbocycles. The molecule has 0 spiro atoms. The van der Waals surface area contributed by atoms with Crippen LogP contribution in [0.25, 0.3) is 0 Å². The number of sulfonamides is 1. The lowest BCUT2D eigenvalue weighted by atomic mass is 10.1. The second-order valence-corrected chi connectivity index (χ2v) is 6.31. The van der Waals surface area contributed by atoms with Crippen LogP contribution >= 0.6 is 0 Å². The first-order valence-corrected chi connectivity index (χ1v) is 8.15. The van der Waals surface area contributed by atoms with Crippen molar-refractivity contribution in [1.82, 2.24) is 4.72 Å². The van der Waals surface area contributed by atoms with Crippen LogP contribution in [0.3, 0.4) is 0 Å². The fourth-order valence-electron chi connectivity index (χ4n) is 1.59. The van der Waals surface area contributed by atoms with Crippen LogP contribution < -0.4 is 4.72 Å². The number of nitriles is 1. The Balaban J connectivity index is 2.66. The molecule has 5 nitrogen and oxygen atoms in total. The summed E-state index contributed by atoms with van der Waals surface area (Å²) in [5.74, 6) is 5.70. The second kappa shape index (κ2) is 8.43. The SMILES string of the molecule is CCC(C#N)S(=O)(=O)NCc1ccc(C#CCCO)cc1. The predicted molar refractivity (Wildman–Crippen MR) is 80.5 cm³/mol. The Labute approximate surface area is 125 Å². The molecule has 21 heavy (non-hydrogen) atoms. The van der Waals surface area contributed by atoms with Crippen LogP contribution in [-0.2, 0) is 16.6 Å². The molecule has 0 heterocycles. The Kier molecular flexibility index (Phi) is 6.90. The lowest BCUT2D eigenvalue weighted by Crippen LogP contribution is -2.32. The Morgan fingerprint density at radius 2 is 2.00 bits per heavy atom. The van der Waals surface area contributed by atoms with Crippen molar-refractivity contribution < 1.29 is 13.5 Å². The Hall–Kier alpha value is -1.86. The molecule has 1 unspecified atom stereocenters. The van der Waals surface area contributed by atoms with Crippen molar-refractivity contribution in [3.05, 3.63) is 35.4 Å². The molecule has 0 fully saturated rings. The second-order valence-electron chi connectivity index (χ2n) is 4.36. The largest absolute Gasteiger partial charge is 0.395 e. The van der Waals surface area contributed by atoms with E-state index in [1.165, 1.54) is 0 Å². The van der Waals surface area contributed by atoms with Gasteiger partial charge in [-0.3, -0.25) is 0 Å². The van der Waals surface area contributed by atoms with E-state index in [4.69, 9.17) is 10.4 Å². The molecule has 0 amide bonds. The van der Waals surface area contributed by atoms with Crippen molar-refractivity contribution in [2.45, 2.75) is 31.6 Å². The topological polar surface area (TPSA) is 90.2 Å². The molecule has 0 aliphatic carbocycles. The van der Waals surface area contributed by atoms with Crippen LogP contribution in [-0.4, -0.2) is 25.4 Å². The molecule has 112 valence electrons. The summed E-state index contributed by atoms with van der Waals surface area (Å²) in [5.41, 5.74) is 1.59. The summed E-state index contributed by atoms with van der Waals surface area (Å²) < 4.78 is 26.1. The molecule has 6 heteroatoms. The minimum Gasteiger partial charge on any atom is -0.395 e. The minimum absolute atomic E-state index is 0.0321. The van der Waals surface area contributed by atoms with Gasteiger partial charge in [0.1, 0.15) is 0 Å². The maximum Gasteiger partial charge on any atom is 0.228 e. The van der Waals surface area contributed by atoms with E-state index >= 15 is 0 Å². The van der Waals surface area contributed by atoms with Crippen LogP contribution in [0, 0.1) is 23.2 Å². The summed E-state index contributed by atoms with van der Waals surface area (Å²) in [5, 5.41) is 16.4. The molecule has 0 aliphatic rings. The third-order valence-electron chi connectivity index (χ3n) is 2.79. The van der Waals surface area contributed by atoms with Crippen LogP contribution in [0.15, 0.2) is 24.3 Å². The molecule has 1 aromatic rings. The summed E-state index contributed by atoms with van der Waals surface area (Å²) >= 11 is 0. The normalized spacial score (nSPS) is 12.0. The molecule has 1 atom stereocenters. The summed E-state index contributed by atoms with van der Waals surface area (Å²) in [6, 6.07) is 8.90. The van der Waals surface area contributed by atoms with Crippen molar-refractivity contribution in [2.24, 2.45) is 0 Å². The summed E-state index contributed by atoms with van der Waals surface area (Å²) in [6.07, 6.45) is 0.680. The van der Waals surface area contributed by atoms with Gasteiger partial charge in [0.2, 0.25) is 10.0 Å². The zero-order chi connectivity index (χ0) is 15.7. The molecule has 0 aliphatic heterocycles. The highest BCUT2D eigenvalue weighted by Gasteiger charge is 2.22. The van der Waals surface area contributed by atoms with Gasteiger partial charge in [0.05, 0.1) is 12.7 Å². The van der Waals surface area contributed by atoms with E-state index in [0.29, 0.717) is 6.42 Å². The van der Waals surface area contributed by atoms with Crippen LogP contribution in [0.2, 0.25) is 0 Å². The highest BCUT2D eigenvalue weighted by molar-refractivity contribution is 7.90. The average Bonchev–Trinajstić information content (AvgIpc) is 2.48. The van der Waals surface area contributed by atoms with Crippen molar-refractivity contribution in [3.63, 3.8) is 0 Å². The van der Waals surface area contributed by atoms with E-state index < -0.39 is 15.3 Å². The van der Waals surface area contributed by atoms with Crippen LogP contribution in [0.1, 0.15) is 30.9 Å². The van der Waals surface area contributed by atoms with Gasteiger partial charge in [-0.15, -0.1) is 0 Å². The summed E-state index contributed by atoms with van der Waals surface area (Å²) in [4.78, 5) is 0. The quantitative estimate of drug-likeness (QED) is 0.771. The zero-order valence-electron chi connectivity index (χ0n) is 11.8. The van der Waals surface area contributed by atoms with Gasteiger partial charge in [-0.1, -0.05) is 30.9 Å². The van der Waals surface area contributed by atoms with Crippen molar-refractivity contribution in [1.29, 1.82) is 5.26 Å². The number of nitrogens with one attached hydrogen (secondary N) is 1. The van der Waals surface area contributed by atoms with E-state index in [-0.39, 0.29) is 19.6 Å². The standard InChI is InChI=1S/C15H18N2O3S/c1-2-15(11-16)21(19,20)17-12-14-8-6-13(7-9-14)5-3-4-10-18/h6-9,15,17-18H,2,4,10,12H2,1H3. The van der Waals surface area contributed by atoms with Gasteiger partial charge in [0.25, 0.3) is 0 Å². The van der Waals surface area contributed by atoms with Gasteiger partial charge in [-0.05, 0) is 24.1 Å². The molecule has 0 saturated heterocycles. The van der Waals surface area contributed by atoms with Gasteiger partial charge in [0.15, 0.2) is 5.25 Å².